The van der Waals surface area contributed by atoms with E-state index in [1.165, 1.54) is 12.5 Å². The van der Waals surface area contributed by atoms with Crippen molar-refractivity contribution in [1.82, 2.24) is 15.0 Å². The number of benzene rings is 1. The van der Waals surface area contributed by atoms with E-state index in [1.807, 2.05) is 13.0 Å². The molecule has 0 aliphatic carbocycles. The summed E-state index contributed by atoms with van der Waals surface area (Å²) >= 11 is 0. The summed E-state index contributed by atoms with van der Waals surface area (Å²) in [6, 6.07) is 12.1. The Balaban J connectivity index is 1.73. The summed E-state index contributed by atoms with van der Waals surface area (Å²) in [5.41, 5.74) is 2.33. The van der Waals surface area contributed by atoms with Crippen molar-refractivity contribution in [3.63, 3.8) is 0 Å². The van der Waals surface area contributed by atoms with Crippen LogP contribution in [0.5, 0.6) is 0 Å². The molecule has 1 atom stereocenters. The molecule has 0 aliphatic heterocycles. The molecule has 3 aromatic rings. The van der Waals surface area contributed by atoms with Crippen LogP contribution in [0.2, 0.25) is 0 Å². The third kappa shape index (κ3) is 3.85. The molecule has 2 aromatic heterocycles. The lowest BCUT2D eigenvalue weighted by Crippen LogP contribution is -2.09. The zero-order valence-electron chi connectivity index (χ0n) is 13.5. The molecule has 1 unspecified atom stereocenters. The zero-order chi connectivity index (χ0) is 17.6. The normalized spacial score (nSPS) is 11.4. The summed E-state index contributed by atoms with van der Waals surface area (Å²) in [5, 5.41) is 12.2. The second-order valence-electron chi connectivity index (χ2n) is 5.49. The van der Waals surface area contributed by atoms with Crippen LogP contribution in [0.15, 0.2) is 61.3 Å². The van der Waals surface area contributed by atoms with Crippen molar-refractivity contribution < 1.29 is 4.79 Å². The van der Waals surface area contributed by atoms with E-state index in [-0.39, 0.29) is 11.8 Å². The van der Waals surface area contributed by atoms with Crippen LogP contribution >= 0.6 is 0 Å². The van der Waals surface area contributed by atoms with Gasteiger partial charge in [0, 0.05) is 35.3 Å². The van der Waals surface area contributed by atoms with Crippen molar-refractivity contribution in [3.8, 4) is 6.07 Å². The van der Waals surface area contributed by atoms with E-state index in [9.17, 15) is 4.79 Å². The predicted octanol–water partition coefficient (Wildman–Crippen LogP) is 3.15. The highest BCUT2D eigenvalue weighted by atomic mass is 16.1. The average Bonchev–Trinajstić information content (AvgIpc) is 2.68. The molecule has 0 aliphatic rings. The van der Waals surface area contributed by atoms with Crippen molar-refractivity contribution in [2.45, 2.75) is 13.0 Å². The smallest absolute Gasteiger partial charge is 0.194 e. The summed E-state index contributed by atoms with van der Waals surface area (Å²) in [6.07, 6.45) is 6.49. The second kappa shape index (κ2) is 7.32. The van der Waals surface area contributed by atoms with Crippen LogP contribution < -0.4 is 5.32 Å². The minimum Gasteiger partial charge on any atom is -0.363 e. The standard InChI is InChI=1S/C19H15N5O/c1-13(17-9-21-12-22-10-17)24-18-6-5-16(11-23-18)19(25)15-4-2-3-14(7-15)8-20/h2-7,9-13H,1H3,(H,23,24). The van der Waals surface area contributed by atoms with Gasteiger partial charge in [0.15, 0.2) is 5.78 Å². The van der Waals surface area contributed by atoms with E-state index in [0.717, 1.165) is 5.56 Å². The summed E-state index contributed by atoms with van der Waals surface area (Å²) in [5.74, 6) is 0.485. The van der Waals surface area contributed by atoms with Crippen LogP contribution in [0.25, 0.3) is 0 Å². The molecule has 0 spiro atoms. The summed E-state index contributed by atoms with van der Waals surface area (Å²) in [4.78, 5) is 24.8. The van der Waals surface area contributed by atoms with E-state index in [1.54, 1.807) is 48.8 Å². The summed E-state index contributed by atoms with van der Waals surface area (Å²) in [7, 11) is 0. The van der Waals surface area contributed by atoms with E-state index in [4.69, 9.17) is 5.26 Å². The number of ketones is 1. The Kier molecular flexibility index (Phi) is 4.77. The van der Waals surface area contributed by atoms with Crippen LogP contribution in [0.1, 0.15) is 40.0 Å². The van der Waals surface area contributed by atoms with Crippen molar-refractivity contribution in [2.75, 3.05) is 5.32 Å². The van der Waals surface area contributed by atoms with Crippen molar-refractivity contribution in [2.24, 2.45) is 0 Å². The molecule has 3 rings (SSSR count). The summed E-state index contributed by atoms with van der Waals surface area (Å²) in [6.45, 7) is 1.98. The number of pyridine rings is 1. The van der Waals surface area contributed by atoms with Gasteiger partial charge in [0.1, 0.15) is 12.1 Å². The van der Waals surface area contributed by atoms with Gasteiger partial charge in [-0.15, -0.1) is 0 Å². The fourth-order valence-electron chi connectivity index (χ4n) is 2.35. The Hall–Kier alpha value is -3.59. The van der Waals surface area contributed by atoms with Crippen LogP contribution in [0, 0.1) is 11.3 Å². The number of aromatic nitrogens is 3. The van der Waals surface area contributed by atoms with E-state index < -0.39 is 0 Å². The molecule has 1 N–H and O–H groups in total. The number of carbonyl (C=O) groups excluding carboxylic acids is 1. The molecule has 122 valence electrons. The minimum absolute atomic E-state index is 0.0115. The first-order chi connectivity index (χ1) is 12.2. The predicted molar refractivity (Wildman–Crippen MR) is 92.9 cm³/mol. The molecule has 0 fully saturated rings. The van der Waals surface area contributed by atoms with E-state index in [0.29, 0.717) is 22.5 Å². The van der Waals surface area contributed by atoms with Crippen molar-refractivity contribution >= 4 is 11.6 Å². The van der Waals surface area contributed by atoms with E-state index >= 15 is 0 Å². The first-order valence-corrected chi connectivity index (χ1v) is 7.70. The lowest BCUT2D eigenvalue weighted by atomic mass is 10.0. The molecule has 0 radical (unpaired) electrons. The number of anilines is 1. The number of nitriles is 1. The lowest BCUT2D eigenvalue weighted by molar-refractivity contribution is 0.103. The van der Waals surface area contributed by atoms with Gasteiger partial charge in [0.2, 0.25) is 0 Å². The third-order valence-electron chi connectivity index (χ3n) is 3.72. The zero-order valence-corrected chi connectivity index (χ0v) is 13.5. The molecule has 1 aromatic carbocycles. The quantitative estimate of drug-likeness (QED) is 0.723. The van der Waals surface area contributed by atoms with Gasteiger partial charge in [0.25, 0.3) is 0 Å². The van der Waals surface area contributed by atoms with Gasteiger partial charge in [-0.05, 0) is 31.2 Å². The Bertz CT molecular complexity index is 917. The molecule has 6 heteroatoms. The monoisotopic (exact) mass is 329 g/mol. The minimum atomic E-state index is -0.166. The molecule has 6 nitrogen and oxygen atoms in total. The maximum atomic E-state index is 12.5. The van der Waals surface area contributed by atoms with Gasteiger partial charge in [-0.3, -0.25) is 4.79 Å². The first kappa shape index (κ1) is 16.3. The molecule has 0 amide bonds. The molecule has 0 saturated heterocycles. The number of carbonyl (C=O) groups is 1. The highest BCUT2D eigenvalue weighted by Crippen LogP contribution is 2.17. The molecular weight excluding hydrogens is 314 g/mol. The maximum Gasteiger partial charge on any atom is 0.194 e. The molecule has 0 saturated carbocycles. The van der Waals surface area contributed by atoms with Gasteiger partial charge in [-0.25, -0.2) is 15.0 Å². The van der Waals surface area contributed by atoms with Crippen molar-refractivity contribution in [1.29, 1.82) is 5.26 Å². The Labute approximate surface area is 145 Å². The van der Waals surface area contributed by atoms with Crippen LogP contribution in [0.4, 0.5) is 5.82 Å². The van der Waals surface area contributed by atoms with Gasteiger partial charge in [0.05, 0.1) is 17.7 Å². The fourth-order valence-corrected chi connectivity index (χ4v) is 2.35. The van der Waals surface area contributed by atoms with Crippen LogP contribution in [-0.4, -0.2) is 20.7 Å². The Morgan fingerprint density at radius 2 is 1.92 bits per heavy atom. The number of rotatable bonds is 5. The largest absolute Gasteiger partial charge is 0.363 e. The highest BCUT2D eigenvalue weighted by Gasteiger charge is 2.11. The lowest BCUT2D eigenvalue weighted by Gasteiger charge is -2.14. The fraction of sp³-hybridized carbons (Fsp3) is 0.105. The first-order valence-electron chi connectivity index (χ1n) is 7.70. The second-order valence-corrected chi connectivity index (χ2v) is 5.49. The molecule has 0 bridgehead atoms. The van der Waals surface area contributed by atoms with Crippen LogP contribution in [-0.2, 0) is 0 Å². The Morgan fingerprint density at radius 1 is 1.12 bits per heavy atom. The number of hydrogen-bond acceptors (Lipinski definition) is 6. The average molecular weight is 329 g/mol. The Morgan fingerprint density at radius 3 is 2.60 bits per heavy atom. The molecular formula is C19H15N5O. The third-order valence-corrected chi connectivity index (χ3v) is 3.72. The number of nitrogens with one attached hydrogen (secondary N) is 1. The SMILES string of the molecule is CC(Nc1ccc(C(=O)c2cccc(C#N)c2)cn1)c1cncnc1. The van der Waals surface area contributed by atoms with Crippen LogP contribution in [0.3, 0.4) is 0 Å². The number of hydrogen-bond donors (Lipinski definition) is 1. The van der Waals surface area contributed by atoms with E-state index in [2.05, 4.69) is 20.3 Å². The number of nitrogens with zero attached hydrogens (tertiary/aromatic N) is 4. The van der Waals surface area contributed by atoms with Crippen molar-refractivity contribution in [3.05, 3.63) is 83.6 Å². The maximum absolute atomic E-state index is 12.5. The van der Waals surface area contributed by atoms with Gasteiger partial charge < -0.3 is 5.32 Å². The summed E-state index contributed by atoms with van der Waals surface area (Å²) < 4.78 is 0. The van der Waals surface area contributed by atoms with Gasteiger partial charge in [-0.2, -0.15) is 5.26 Å². The topological polar surface area (TPSA) is 91.6 Å². The molecule has 2 heterocycles. The highest BCUT2D eigenvalue weighted by molar-refractivity contribution is 6.09. The molecule has 25 heavy (non-hydrogen) atoms. The van der Waals surface area contributed by atoms with Gasteiger partial charge in [-0.1, -0.05) is 12.1 Å². The van der Waals surface area contributed by atoms with Gasteiger partial charge >= 0.3 is 0 Å².